The quantitative estimate of drug-likeness (QED) is 0.183. The van der Waals surface area contributed by atoms with Crippen molar-refractivity contribution in [3.8, 4) is 11.5 Å². The van der Waals surface area contributed by atoms with Crippen molar-refractivity contribution in [1.29, 1.82) is 0 Å². The lowest BCUT2D eigenvalue weighted by Gasteiger charge is -2.14. The van der Waals surface area contributed by atoms with Crippen LogP contribution in [0.1, 0.15) is 18.1 Å². The highest BCUT2D eigenvalue weighted by atomic mass is 79.9. The van der Waals surface area contributed by atoms with E-state index in [0.29, 0.717) is 18.1 Å². The van der Waals surface area contributed by atoms with Crippen LogP contribution >= 0.6 is 31.9 Å². The third kappa shape index (κ3) is 6.24. The second kappa shape index (κ2) is 11.3. The molecule has 0 aliphatic heterocycles. The number of carbonyl (C=O) groups is 1. The average molecular weight is 582 g/mol. The number of rotatable bonds is 8. The van der Waals surface area contributed by atoms with Crippen molar-refractivity contribution in [2.24, 2.45) is 5.10 Å². The lowest BCUT2D eigenvalue weighted by atomic mass is 10.0. The van der Waals surface area contributed by atoms with Crippen LogP contribution in [-0.4, -0.2) is 18.2 Å². The van der Waals surface area contributed by atoms with E-state index < -0.39 is 6.10 Å². The zero-order valence-corrected chi connectivity index (χ0v) is 21.5. The van der Waals surface area contributed by atoms with Crippen LogP contribution in [0.15, 0.2) is 99.0 Å². The molecule has 0 aliphatic carbocycles. The number of halogens is 2. The number of hydrogen-bond donors (Lipinski definition) is 1. The summed E-state index contributed by atoms with van der Waals surface area (Å²) in [5.41, 5.74) is 4.40. The van der Waals surface area contributed by atoms with E-state index in [9.17, 15) is 4.79 Å². The molecule has 34 heavy (non-hydrogen) atoms. The summed E-state index contributed by atoms with van der Waals surface area (Å²) in [4.78, 5) is 12.5. The number of hydrazone groups is 1. The molecule has 0 spiro atoms. The fraction of sp³-hybridized carbons (Fsp3) is 0.111. The van der Waals surface area contributed by atoms with Gasteiger partial charge in [-0.25, -0.2) is 5.43 Å². The highest BCUT2D eigenvalue weighted by molar-refractivity contribution is 9.10. The van der Waals surface area contributed by atoms with Gasteiger partial charge in [0, 0.05) is 14.5 Å². The normalized spacial score (nSPS) is 12.0. The molecule has 0 heterocycles. The number of hydrogen-bond acceptors (Lipinski definition) is 4. The van der Waals surface area contributed by atoms with Crippen LogP contribution in [0, 0.1) is 0 Å². The third-order valence-corrected chi connectivity index (χ3v) is 6.10. The monoisotopic (exact) mass is 580 g/mol. The van der Waals surface area contributed by atoms with Crippen LogP contribution in [0.4, 0.5) is 0 Å². The van der Waals surface area contributed by atoms with Gasteiger partial charge in [-0.1, -0.05) is 74.3 Å². The van der Waals surface area contributed by atoms with Crippen molar-refractivity contribution in [2.45, 2.75) is 19.6 Å². The van der Waals surface area contributed by atoms with Gasteiger partial charge in [0.15, 0.2) is 6.10 Å². The van der Waals surface area contributed by atoms with Crippen LogP contribution < -0.4 is 14.9 Å². The summed E-state index contributed by atoms with van der Waals surface area (Å²) >= 11 is 6.87. The molecule has 0 fully saturated rings. The molecule has 0 aromatic heterocycles. The smallest absolute Gasteiger partial charge is 0.280 e. The fourth-order valence-electron chi connectivity index (χ4n) is 3.34. The van der Waals surface area contributed by atoms with E-state index in [-0.39, 0.29) is 5.91 Å². The van der Waals surface area contributed by atoms with Gasteiger partial charge in [-0.05, 0) is 65.7 Å². The van der Waals surface area contributed by atoms with E-state index in [1.165, 1.54) is 0 Å². The zero-order valence-electron chi connectivity index (χ0n) is 18.4. The lowest BCUT2D eigenvalue weighted by Crippen LogP contribution is -2.33. The van der Waals surface area contributed by atoms with Gasteiger partial charge < -0.3 is 9.47 Å². The molecule has 4 aromatic carbocycles. The highest BCUT2D eigenvalue weighted by Gasteiger charge is 2.14. The molecule has 172 valence electrons. The van der Waals surface area contributed by atoms with Crippen molar-refractivity contribution in [2.75, 3.05) is 0 Å². The molecule has 1 unspecified atom stereocenters. The molecule has 7 heteroatoms. The maximum Gasteiger partial charge on any atom is 0.280 e. The zero-order chi connectivity index (χ0) is 23.9. The summed E-state index contributed by atoms with van der Waals surface area (Å²) in [6.07, 6.45) is 0.904. The molecule has 4 aromatic rings. The molecule has 0 saturated heterocycles. The number of nitrogens with zero attached hydrogens (tertiary/aromatic N) is 1. The molecule has 0 bridgehead atoms. The Labute approximate surface area is 215 Å². The first-order valence-electron chi connectivity index (χ1n) is 10.6. The second-order valence-corrected chi connectivity index (χ2v) is 9.40. The number of benzene rings is 4. The maximum absolute atomic E-state index is 12.5. The summed E-state index contributed by atoms with van der Waals surface area (Å²) in [5, 5.41) is 6.23. The standard InChI is InChI=1S/C27H22Br2N2O3/c1-18(34-23-12-10-21(28)11-13-23)27(32)31-30-16-25-24-8-3-2-6-20(24)9-14-26(25)33-17-19-5-4-7-22(29)15-19/h2-16,18H,17H2,1H3,(H,31,32)/b30-16+. The van der Waals surface area contributed by atoms with Crippen LogP contribution in [-0.2, 0) is 11.4 Å². The molecule has 1 amide bonds. The van der Waals surface area contributed by atoms with Crippen LogP contribution in [0.2, 0.25) is 0 Å². The summed E-state index contributed by atoms with van der Waals surface area (Å²) in [5.74, 6) is 0.930. The second-order valence-electron chi connectivity index (χ2n) is 7.57. The van der Waals surface area contributed by atoms with E-state index in [0.717, 1.165) is 30.8 Å². The number of amides is 1. The topological polar surface area (TPSA) is 59.9 Å². The van der Waals surface area contributed by atoms with Gasteiger partial charge >= 0.3 is 0 Å². The van der Waals surface area contributed by atoms with E-state index in [1.54, 1.807) is 25.3 Å². The third-order valence-electron chi connectivity index (χ3n) is 5.08. The first-order valence-corrected chi connectivity index (χ1v) is 12.2. The Morgan fingerprint density at radius 1 is 0.971 bits per heavy atom. The van der Waals surface area contributed by atoms with Gasteiger partial charge in [0.1, 0.15) is 18.1 Å². The van der Waals surface area contributed by atoms with Crippen molar-refractivity contribution in [3.63, 3.8) is 0 Å². The summed E-state index contributed by atoms with van der Waals surface area (Å²) in [6.45, 7) is 2.08. The van der Waals surface area contributed by atoms with Gasteiger partial charge in [0.05, 0.1) is 6.21 Å². The van der Waals surface area contributed by atoms with E-state index in [4.69, 9.17) is 9.47 Å². The molecule has 5 nitrogen and oxygen atoms in total. The maximum atomic E-state index is 12.5. The summed E-state index contributed by atoms with van der Waals surface area (Å²) in [6, 6.07) is 27.2. The average Bonchev–Trinajstić information content (AvgIpc) is 2.84. The van der Waals surface area contributed by atoms with Crippen LogP contribution in [0.3, 0.4) is 0 Å². The van der Waals surface area contributed by atoms with Crippen molar-refractivity contribution >= 4 is 54.8 Å². The van der Waals surface area contributed by atoms with E-state index in [1.807, 2.05) is 72.8 Å². The van der Waals surface area contributed by atoms with Gasteiger partial charge in [0.25, 0.3) is 5.91 Å². The SMILES string of the molecule is CC(Oc1ccc(Br)cc1)C(=O)N/N=C/c1c(OCc2cccc(Br)c2)ccc2ccccc12. The molecule has 0 radical (unpaired) electrons. The first-order chi connectivity index (χ1) is 16.5. The Bertz CT molecular complexity index is 1320. The summed E-state index contributed by atoms with van der Waals surface area (Å²) < 4.78 is 13.8. The fourth-order valence-corrected chi connectivity index (χ4v) is 4.06. The molecule has 0 aliphatic rings. The van der Waals surface area contributed by atoms with Crippen molar-refractivity contribution in [3.05, 3.63) is 105 Å². The Morgan fingerprint density at radius 2 is 1.76 bits per heavy atom. The molecule has 0 saturated carbocycles. The largest absolute Gasteiger partial charge is 0.488 e. The summed E-state index contributed by atoms with van der Waals surface area (Å²) in [7, 11) is 0. The highest BCUT2D eigenvalue weighted by Crippen LogP contribution is 2.27. The lowest BCUT2D eigenvalue weighted by molar-refractivity contribution is -0.127. The first kappa shape index (κ1) is 24.0. The van der Waals surface area contributed by atoms with E-state index >= 15 is 0 Å². The minimum absolute atomic E-state index is 0.351. The predicted molar refractivity (Wildman–Crippen MR) is 142 cm³/mol. The molecule has 1 N–H and O–H groups in total. The van der Waals surface area contributed by atoms with Crippen molar-refractivity contribution in [1.82, 2.24) is 5.43 Å². The van der Waals surface area contributed by atoms with Crippen molar-refractivity contribution < 1.29 is 14.3 Å². The Morgan fingerprint density at radius 3 is 2.56 bits per heavy atom. The molecule has 1 atom stereocenters. The predicted octanol–water partition coefficient (Wildman–Crippen LogP) is 6.86. The molecule has 4 rings (SSSR count). The minimum Gasteiger partial charge on any atom is -0.488 e. The Kier molecular flexibility index (Phi) is 7.98. The van der Waals surface area contributed by atoms with Crippen LogP contribution in [0.5, 0.6) is 11.5 Å². The number of carbonyl (C=O) groups excluding carboxylic acids is 1. The van der Waals surface area contributed by atoms with Gasteiger partial charge in [-0.2, -0.15) is 5.10 Å². The van der Waals surface area contributed by atoms with Crippen LogP contribution in [0.25, 0.3) is 10.8 Å². The number of ether oxygens (including phenoxy) is 2. The minimum atomic E-state index is -0.710. The Hall–Kier alpha value is -3.16. The van der Waals surface area contributed by atoms with E-state index in [2.05, 4.69) is 42.4 Å². The van der Waals surface area contributed by atoms with Gasteiger partial charge in [-0.15, -0.1) is 0 Å². The molecular formula is C27H22Br2N2O3. The number of nitrogens with one attached hydrogen (secondary N) is 1. The van der Waals surface area contributed by atoms with Gasteiger partial charge in [0.2, 0.25) is 0 Å². The Balaban J connectivity index is 1.49. The van der Waals surface area contributed by atoms with Gasteiger partial charge in [-0.3, -0.25) is 4.79 Å². The molecular weight excluding hydrogens is 560 g/mol. The number of fused-ring (bicyclic) bond motifs is 1.